The van der Waals surface area contributed by atoms with E-state index in [1.54, 1.807) is 16.9 Å². The summed E-state index contributed by atoms with van der Waals surface area (Å²) >= 11 is 0. The summed E-state index contributed by atoms with van der Waals surface area (Å²) in [5, 5.41) is 0. The summed E-state index contributed by atoms with van der Waals surface area (Å²) in [6.45, 7) is 10.8. The maximum Gasteiger partial charge on any atom is 0.240 e. The number of benzene rings is 1. The zero-order valence-electron chi connectivity index (χ0n) is 15.8. The molecular formula is C20H30N2O3+2. The maximum absolute atomic E-state index is 13.0. The highest BCUT2D eigenvalue weighted by Gasteiger charge is 2.69. The van der Waals surface area contributed by atoms with E-state index in [1.165, 1.54) is 5.56 Å². The monoisotopic (exact) mass is 346 g/mol. The lowest BCUT2D eigenvalue weighted by Crippen LogP contribution is -3.41. The summed E-state index contributed by atoms with van der Waals surface area (Å²) in [4.78, 5) is 16.2. The Labute approximate surface area is 149 Å². The number of ether oxygens (including phenoxy) is 2. The largest absolute Gasteiger partial charge is 0.493 e. The number of quaternary nitrogens is 2. The van der Waals surface area contributed by atoms with Crippen molar-refractivity contribution in [1.82, 2.24) is 0 Å². The van der Waals surface area contributed by atoms with E-state index in [0.717, 1.165) is 44.1 Å². The zero-order chi connectivity index (χ0) is 17.8. The normalized spacial score (nSPS) is 38.9. The SMILES string of the molecule is CCOc1ccc(C2[NH+]3CC4(C)C[NH+]2CC(CC)(C3)C4=O)cc1OC. The third kappa shape index (κ3) is 2.32. The van der Waals surface area contributed by atoms with Crippen LogP contribution in [0.2, 0.25) is 0 Å². The highest BCUT2D eigenvalue weighted by molar-refractivity contribution is 5.91. The number of rotatable bonds is 5. The lowest BCUT2D eigenvalue weighted by atomic mass is 9.60. The fourth-order valence-electron chi connectivity index (χ4n) is 5.80. The first-order chi connectivity index (χ1) is 12.0. The first-order valence-electron chi connectivity index (χ1n) is 9.51. The van der Waals surface area contributed by atoms with Gasteiger partial charge in [0.05, 0.1) is 32.4 Å². The van der Waals surface area contributed by atoms with Crippen LogP contribution in [-0.2, 0) is 4.79 Å². The van der Waals surface area contributed by atoms with Crippen LogP contribution in [0.15, 0.2) is 18.2 Å². The summed E-state index contributed by atoms with van der Waals surface area (Å²) in [6.07, 6.45) is 1.36. The smallest absolute Gasteiger partial charge is 0.240 e. The molecule has 2 atom stereocenters. The Hall–Kier alpha value is -1.59. The highest BCUT2D eigenvalue weighted by Crippen LogP contribution is 2.39. The van der Waals surface area contributed by atoms with Crippen LogP contribution in [0.3, 0.4) is 0 Å². The van der Waals surface area contributed by atoms with Crippen molar-refractivity contribution in [3.63, 3.8) is 0 Å². The molecule has 5 nitrogen and oxygen atoms in total. The van der Waals surface area contributed by atoms with Gasteiger partial charge in [0.2, 0.25) is 6.17 Å². The lowest BCUT2D eigenvalue weighted by Gasteiger charge is -2.59. The van der Waals surface area contributed by atoms with Gasteiger partial charge in [-0.15, -0.1) is 0 Å². The van der Waals surface area contributed by atoms with E-state index in [-0.39, 0.29) is 10.8 Å². The van der Waals surface area contributed by atoms with E-state index in [2.05, 4.69) is 26.0 Å². The molecule has 25 heavy (non-hydrogen) atoms. The molecule has 1 aromatic rings. The summed E-state index contributed by atoms with van der Waals surface area (Å²) in [7, 11) is 1.70. The topological polar surface area (TPSA) is 44.4 Å². The Morgan fingerprint density at radius 2 is 1.80 bits per heavy atom. The summed E-state index contributed by atoms with van der Waals surface area (Å²) in [6, 6.07) is 6.36. The number of piperidine rings is 2. The molecule has 4 aliphatic heterocycles. The molecule has 0 aromatic heterocycles. The van der Waals surface area contributed by atoms with Crippen LogP contribution in [0.1, 0.15) is 38.9 Å². The average molecular weight is 346 g/mol. The third-order valence-corrected chi connectivity index (χ3v) is 6.71. The maximum atomic E-state index is 13.0. The molecule has 136 valence electrons. The molecule has 4 fully saturated rings. The molecule has 0 saturated carbocycles. The van der Waals surface area contributed by atoms with Gasteiger partial charge in [-0.05, 0) is 38.5 Å². The van der Waals surface area contributed by atoms with Gasteiger partial charge in [-0.1, -0.05) is 6.92 Å². The molecule has 2 unspecified atom stereocenters. The Morgan fingerprint density at radius 3 is 2.36 bits per heavy atom. The number of hydrogen-bond donors (Lipinski definition) is 2. The van der Waals surface area contributed by atoms with Crippen molar-refractivity contribution in [3.8, 4) is 11.5 Å². The van der Waals surface area contributed by atoms with E-state index < -0.39 is 0 Å². The van der Waals surface area contributed by atoms with Crippen LogP contribution in [0.4, 0.5) is 0 Å². The standard InChI is InChI=1S/C20H28N2O3/c1-5-20-12-21-10-19(3,18(20)23)11-22(13-20)17(21)14-7-8-15(25-6-2)16(9-14)24-4/h7-9,17H,5-6,10-13H2,1-4H3/p+2. The molecule has 0 radical (unpaired) electrons. The molecule has 2 N–H and O–H groups in total. The predicted molar refractivity (Wildman–Crippen MR) is 94.1 cm³/mol. The molecule has 0 spiro atoms. The third-order valence-electron chi connectivity index (χ3n) is 6.71. The minimum absolute atomic E-state index is 0.109. The molecule has 4 saturated heterocycles. The van der Waals surface area contributed by atoms with Crippen LogP contribution in [0, 0.1) is 10.8 Å². The van der Waals surface area contributed by atoms with Gasteiger partial charge in [-0.3, -0.25) is 14.6 Å². The van der Waals surface area contributed by atoms with Gasteiger partial charge in [0.15, 0.2) is 17.3 Å². The Kier molecular flexibility index (Phi) is 3.85. The fourth-order valence-corrected chi connectivity index (χ4v) is 5.80. The second kappa shape index (κ2) is 5.71. The number of nitrogens with one attached hydrogen (secondary N) is 2. The van der Waals surface area contributed by atoms with Gasteiger partial charge >= 0.3 is 0 Å². The molecule has 0 aliphatic carbocycles. The van der Waals surface area contributed by atoms with Gasteiger partial charge in [0.1, 0.15) is 23.9 Å². The predicted octanol–water partition coefficient (Wildman–Crippen LogP) is -0.125. The minimum Gasteiger partial charge on any atom is -0.493 e. The van der Waals surface area contributed by atoms with Gasteiger partial charge < -0.3 is 9.47 Å². The molecule has 4 bridgehead atoms. The number of methoxy groups -OCH3 is 1. The van der Waals surface area contributed by atoms with Crippen molar-refractivity contribution in [3.05, 3.63) is 23.8 Å². The molecular weight excluding hydrogens is 316 g/mol. The van der Waals surface area contributed by atoms with Crippen molar-refractivity contribution < 1.29 is 24.1 Å². The number of carbonyl (C=O) groups is 1. The molecule has 5 heteroatoms. The number of ketones is 1. The van der Waals surface area contributed by atoms with Crippen molar-refractivity contribution in [2.24, 2.45) is 10.8 Å². The Bertz CT molecular complexity index is 686. The molecule has 5 rings (SSSR count). The molecule has 0 amide bonds. The zero-order valence-corrected chi connectivity index (χ0v) is 15.8. The average Bonchev–Trinajstić information content (AvgIpc) is 2.59. The minimum atomic E-state index is -0.150. The molecule has 4 aliphatic rings. The first kappa shape index (κ1) is 16.9. The van der Waals surface area contributed by atoms with E-state index in [1.807, 2.05) is 13.0 Å². The van der Waals surface area contributed by atoms with E-state index in [4.69, 9.17) is 9.47 Å². The van der Waals surface area contributed by atoms with Gasteiger partial charge in [0, 0.05) is 0 Å². The van der Waals surface area contributed by atoms with Crippen LogP contribution in [-0.4, -0.2) is 45.7 Å². The Morgan fingerprint density at radius 1 is 1.12 bits per heavy atom. The van der Waals surface area contributed by atoms with Crippen molar-refractivity contribution in [1.29, 1.82) is 0 Å². The Balaban J connectivity index is 1.69. The summed E-state index contributed by atoms with van der Waals surface area (Å²) < 4.78 is 11.2. The number of Topliss-reactive ketones (excluding diaryl/α,β-unsaturated/α-hetero) is 1. The number of carbonyl (C=O) groups excluding carboxylic acids is 1. The van der Waals surface area contributed by atoms with E-state index in [9.17, 15) is 4.79 Å². The van der Waals surface area contributed by atoms with Gasteiger partial charge in [-0.25, -0.2) is 0 Å². The van der Waals surface area contributed by atoms with Crippen LogP contribution >= 0.6 is 0 Å². The molecule has 1 aromatic carbocycles. The first-order valence-corrected chi connectivity index (χ1v) is 9.51. The van der Waals surface area contributed by atoms with E-state index in [0.29, 0.717) is 18.6 Å². The van der Waals surface area contributed by atoms with Gasteiger partial charge in [0.25, 0.3) is 0 Å². The number of hydrogen-bond acceptors (Lipinski definition) is 3. The molecule has 4 heterocycles. The second-order valence-corrected chi connectivity index (χ2v) is 8.32. The van der Waals surface area contributed by atoms with Crippen molar-refractivity contribution >= 4 is 5.78 Å². The second-order valence-electron chi connectivity index (χ2n) is 8.32. The van der Waals surface area contributed by atoms with Crippen molar-refractivity contribution in [2.75, 3.05) is 39.9 Å². The summed E-state index contributed by atoms with van der Waals surface area (Å²) in [5.74, 6) is 2.14. The fraction of sp³-hybridized carbons (Fsp3) is 0.650. The van der Waals surface area contributed by atoms with Crippen LogP contribution in [0.5, 0.6) is 11.5 Å². The highest BCUT2D eigenvalue weighted by atomic mass is 16.5. The summed E-state index contributed by atoms with van der Waals surface area (Å²) in [5.41, 5.74) is 1.04. The van der Waals surface area contributed by atoms with Crippen LogP contribution in [0.25, 0.3) is 0 Å². The van der Waals surface area contributed by atoms with E-state index >= 15 is 0 Å². The van der Waals surface area contributed by atoms with Crippen molar-refractivity contribution in [2.45, 2.75) is 33.4 Å². The van der Waals surface area contributed by atoms with Crippen LogP contribution < -0.4 is 19.3 Å². The van der Waals surface area contributed by atoms with Gasteiger partial charge in [-0.2, -0.15) is 0 Å². The lowest BCUT2D eigenvalue weighted by molar-refractivity contribution is -1.18. The quantitative estimate of drug-likeness (QED) is 0.781.